The molecule has 9 heavy (non-hydrogen) atoms. The Bertz CT molecular complexity index is 166. The largest absolute Gasteiger partial charge is 0.103 e. The highest BCUT2D eigenvalue weighted by molar-refractivity contribution is 5.31. The van der Waals surface area contributed by atoms with Gasteiger partial charge in [0.1, 0.15) is 0 Å². The predicted octanol–water partition coefficient (Wildman–Crippen LogP) is 2.84. The monoisotopic (exact) mass is 120 g/mol. The first-order valence-electron chi connectivity index (χ1n) is 3.30. The summed E-state index contributed by atoms with van der Waals surface area (Å²) in [6.07, 6.45) is 8.63. The maximum Gasteiger partial charge on any atom is -0.0127 e. The highest BCUT2D eigenvalue weighted by atomic mass is 14.0. The fraction of sp³-hybridized carbons (Fsp3) is 0.333. The minimum atomic E-state index is 1.05. The van der Waals surface area contributed by atoms with E-state index < -0.39 is 0 Å². The summed E-state index contributed by atoms with van der Waals surface area (Å²) in [5.41, 5.74) is 2.88. The highest BCUT2D eigenvalue weighted by Gasteiger charge is 1.99. The van der Waals surface area contributed by atoms with Crippen molar-refractivity contribution in [3.8, 4) is 0 Å². The molecule has 0 bridgehead atoms. The minimum Gasteiger partial charge on any atom is -0.103 e. The molecule has 0 aromatic carbocycles. The lowest BCUT2D eigenvalue weighted by Crippen LogP contribution is -1.71. The van der Waals surface area contributed by atoms with Gasteiger partial charge < -0.3 is 0 Å². The van der Waals surface area contributed by atoms with Crippen LogP contribution in [0.3, 0.4) is 0 Å². The summed E-state index contributed by atoms with van der Waals surface area (Å²) in [5.74, 6) is 0. The Labute approximate surface area is 56.6 Å². The molecule has 0 saturated carbocycles. The Kier molecular flexibility index (Phi) is 1.88. The zero-order valence-corrected chi connectivity index (χ0v) is 5.85. The van der Waals surface area contributed by atoms with Gasteiger partial charge in [0.05, 0.1) is 0 Å². The summed E-state index contributed by atoms with van der Waals surface area (Å²) in [5, 5.41) is 0. The van der Waals surface area contributed by atoms with Crippen molar-refractivity contribution in [1.82, 2.24) is 0 Å². The van der Waals surface area contributed by atoms with E-state index in [1.54, 1.807) is 0 Å². The molecule has 0 heterocycles. The van der Waals surface area contributed by atoms with Crippen LogP contribution < -0.4 is 0 Å². The van der Waals surface area contributed by atoms with Crippen molar-refractivity contribution in [3.63, 3.8) is 0 Å². The molecule has 0 radical (unpaired) electrons. The molecule has 0 aromatic heterocycles. The maximum absolute atomic E-state index is 3.69. The molecule has 0 unspecified atom stereocenters. The Balaban J connectivity index is 2.49. The zero-order chi connectivity index (χ0) is 6.69. The second kappa shape index (κ2) is 2.67. The summed E-state index contributed by atoms with van der Waals surface area (Å²) >= 11 is 0. The first-order valence-corrected chi connectivity index (χ1v) is 3.30. The smallest absolute Gasteiger partial charge is 0.0127 e. The van der Waals surface area contributed by atoms with Crippen molar-refractivity contribution in [3.05, 3.63) is 36.0 Å². The minimum absolute atomic E-state index is 1.05. The van der Waals surface area contributed by atoms with E-state index in [2.05, 4.69) is 25.7 Å². The summed E-state index contributed by atoms with van der Waals surface area (Å²) < 4.78 is 0. The SMILES string of the molecule is C=CCC1=CC(C)=CC1. The first kappa shape index (κ1) is 6.34. The Hall–Kier alpha value is -0.780. The molecule has 48 valence electrons. The third-order valence-electron chi connectivity index (χ3n) is 1.52. The van der Waals surface area contributed by atoms with Gasteiger partial charge in [-0.1, -0.05) is 29.4 Å². The second-order valence-corrected chi connectivity index (χ2v) is 2.45. The van der Waals surface area contributed by atoms with Crippen molar-refractivity contribution >= 4 is 0 Å². The van der Waals surface area contributed by atoms with E-state index in [4.69, 9.17) is 0 Å². The molecule has 1 aliphatic carbocycles. The van der Waals surface area contributed by atoms with E-state index in [0.29, 0.717) is 0 Å². The van der Waals surface area contributed by atoms with Crippen molar-refractivity contribution in [1.29, 1.82) is 0 Å². The molecule has 0 N–H and O–H groups in total. The fourth-order valence-electron chi connectivity index (χ4n) is 1.06. The lowest BCUT2D eigenvalue weighted by Gasteiger charge is -1.90. The van der Waals surface area contributed by atoms with Crippen LogP contribution in [0, 0.1) is 0 Å². The van der Waals surface area contributed by atoms with E-state index >= 15 is 0 Å². The van der Waals surface area contributed by atoms with E-state index in [1.165, 1.54) is 11.1 Å². The molecular weight excluding hydrogens is 108 g/mol. The first-order chi connectivity index (χ1) is 4.33. The van der Waals surface area contributed by atoms with Gasteiger partial charge in [0.2, 0.25) is 0 Å². The predicted molar refractivity (Wildman–Crippen MR) is 41.3 cm³/mol. The number of hydrogen-bond acceptors (Lipinski definition) is 0. The maximum atomic E-state index is 3.69. The van der Waals surface area contributed by atoms with Gasteiger partial charge in [0.25, 0.3) is 0 Å². The van der Waals surface area contributed by atoms with Crippen LogP contribution in [0.4, 0.5) is 0 Å². The molecule has 1 aliphatic rings. The molecule has 0 aromatic rings. The lowest BCUT2D eigenvalue weighted by molar-refractivity contribution is 1.14. The van der Waals surface area contributed by atoms with E-state index in [1.807, 2.05) is 6.08 Å². The standard InChI is InChI=1S/C9H12/c1-3-4-9-6-5-8(2)7-9/h3,5,7H,1,4,6H2,2H3. The van der Waals surface area contributed by atoms with Crippen molar-refractivity contribution in [2.75, 3.05) is 0 Å². The summed E-state index contributed by atoms with van der Waals surface area (Å²) in [6.45, 7) is 5.82. The Morgan fingerprint density at radius 3 is 3.00 bits per heavy atom. The summed E-state index contributed by atoms with van der Waals surface area (Å²) in [6, 6.07) is 0. The van der Waals surface area contributed by atoms with Crippen molar-refractivity contribution in [2.45, 2.75) is 19.8 Å². The third kappa shape index (κ3) is 1.56. The molecule has 0 amide bonds. The van der Waals surface area contributed by atoms with Crippen molar-refractivity contribution < 1.29 is 0 Å². The average molecular weight is 120 g/mol. The molecule has 0 spiro atoms. The van der Waals surface area contributed by atoms with Gasteiger partial charge in [0, 0.05) is 0 Å². The van der Waals surface area contributed by atoms with Crippen LogP contribution in [0.15, 0.2) is 36.0 Å². The topological polar surface area (TPSA) is 0 Å². The highest BCUT2D eigenvalue weighted by Crippen LogP contribution is 2.19. The lowest BCUT2D eigenvalue weighted by atomic mass is 10.2. The molecule has 1 rings (SSSR count). The molecule has 0 atom stereocenters. The van der Waals surface area contributed by atoms with Gasteiger partial charge >= 0.3 is 0 Å². The van der Waals surface area contributed by atoms with E-state index in [-0.39, 0.29) is 0 Å². The van der Waals surface area contributed by atoms with Crippen LogP contribution in [0.5, 0.6) is 0 Å². The summed E-state index contributed by atoms with van der Waals surface area (Å²) in [7, 11) is 0. The molecule has 0 nitrogen and oxygen atoms in total. The van der Waals surface area contributed by atoms with Crippen LogP contribution in [0.25, 0.3) is 0 Å². The fourth-order valence-corrected chi connectivity index (χ4v) is 1.06. The number of rotatable bonds is 2. The van der Waals surface area contributed by atoms with Gasteiger partial charge in [-0.05, 0) is 19.8 Å². The molecule has 0 fully saturated rings. The second-order valence-electron chi connectivity index (χ2n) is 2.45. The van der Waals surface area contributed by atoms with Crippen LogP contribution in [0.1, 0.15) is 19.8 Å². The quantitative estimate of drug-likeness (QED) is 0.491. The van der Waals surface area contributed by atoms with Gasteiger partial charge in [-0.15, -0.1) is 6.58 Å². The normalized spacial score (nSPS) is 17.0. The van der Waals surface area contributed by atoms with E-state index in [0.717, 1.165) is 12.8 Å². The zero-order valence-electron chi connectivity index (χ0n) is 5.85. The van der Waals surface area contributed by atoms with Gasteiger partial charge in [0.15, 0.2) is 0 Å². The third-order valence-corrected chi connectivity index (χ3v) is 1.52. The van der Waals surface area contributed by atoms with Crippen LogP contribution in [-0.4, -0.2) is 0 Å². The van der Waals surface area contributed by atoms with Gasteiger partial charge in [-0.2, -0.15) is 0 Å². The number of hydrogen-bond donors (Lipinski definition) is 0. The van der Waals surface area contributed by atoms with Gasteiger partial charge in [-0.25, -0.2) is 0 Å². The molecule has 0 saturated heterocycles. The van der Waals surface area contributed by atoms with E-state index in [9.17, 15) is 0 Å². The Morgan fingerprint density at radius 1 is 1.78 bits per heavy atom. The van der Waals surface area contributed by atoms with Crippen LogP contribution >= 0.6 is 0 Å². The molecular formula is C9H12. The van der Waals surface area contributed by atoms with Gasteiger partial charge in [-0.3, -0.25) is 0 Å². The van der Waals surface area contributed by atoms with Crippen LogP contribution in [0.2, 0.25) is 0 Å². The number of allylic oxidation sites excluding steroid dienone is 5. The molecule has 0 heteroatoms. The van der Waals surface area contributed by atoms with Crippen molar-refractivity contribution in [2.24, 2.45) is 0 Å². The van der Waals surface area contributed by atoms with Crippen LogP contribution in [-0.2, 0) is 0 Å². The molecule has 0 aliphatic heterocycles. The summed E-state index contributed by atoms with van der Waals surface area (Å²) in [4.78, 5) is 0. The average Bonchev–Trinajstić information content (AvgIpc) is 2.17. The Morgan fingerprint density at radius 2 is 2.56 bits per heavy atom.